The van der Waals surface area contributed by atoms with E-state index in [0.717, 1.165) is 10.5 Å². The van der Waals surface area contributed by atoms with Gasteiger partial charge in [0.05, 0.1) is 12.8 Å². The first kappa shape index (κ1) is 21.1. The number of methoxy groups -OCH3 is 1. The number of hydrogen-bond donors (Lipinski definition) is 1. The molecule has 1 heterocycles. The second kappa shape index (κ2) is 8.80. The van der Waals surface area contributed by atoms with Gasteiger partial charge in [-0.25, -0.2) is 9.69 Å². The number of anilines is 1. The van der Waals surface area contributed by atoms with E-state index in [1.54, 1.807) is 36.4 Å². The van der Waals surface area contributed by atoms with Gasteiger partial charge in [0.2, 0.25) is 0 Å². The number of hydrogen-bond acceptors (Lipinski definition) is 6. The maximum Gasteiger partial charge on any atom is 0.335 e. The minimum Gasteiger partial charge on any atom is -0.493 e. The average molecular weight is 470 g/mol. The van der Waals surface area contributed by atoms with Crippen LogP contribution in [-0.2, 0) is 9.59 Å². The van der Waals surface area contributed by atoms with Crippen molar-refractivity contribution in [1.29, 1.82) is 5.26 Å². The van der Waals surface area contributed by atoms with Crippen molar-refractivity contribution < 1.29 is 23.9 Å². The number of aryl methyl sites for hydroxylation is 1. The second-order valence-electron chi connectivity index (χ2n) is 6.26. The number of benzene rings is 2. The molecule has 0 unspecified atom stereocenters. The molecule has 8 nitrogen and oxygen atoms in total. The van der Waals surface area contributed by atoms with E-state index >= 15 is 0 Å². The van der Waals surface area contributed by atoms with Gasteiger partial charge in [-0.2, -0.15) is 5.26 Å². The molecule has 30 heavy (non-hydrogen) atoms. The van der Waals surface area contributed by atoms with Crippen LogP contribution in [0.25, 0.3) is 6.08 Å². The molecule has 2 aromatic rings. The van der Waals surface area contributed by atoms with E-state index < -0.39 is 17.8 Å². The van der Waals surface area contributed by atoms with E-state index in [4.69, 9.17) is 14.7 Å². The lowest BCUT2D eigenvalue weighted by molar-refractivity contribution is -0.122. The van der Waals surface area contributed by atoms with Crippen molar-refractivity contribution >= 4 is 45.5 Å². The molecule has 0 bridgehead atoms. The van der Waals surface area contributed by atoms with Crippen LogP contribution in [0.5, 0.6) is 11.5 Å². The topological polar surface area (TPSA) is 109 Å². The smallest absolute Gasteiger partial charge is 0.335 e. The quantitative estimate of drug-likeness (QED) is 0.531. The summed E-state index contributed by atoms with van der Waals surface area (Å²) >= 11 is 3.36. The van der Waals surface area contributed by atoms with E-state index in [9.17, 15) is 14.4 Å². The summed E-state index contributed by atoms with van der Waals surface area (Å²) in [6.07, 6.45) is 1.35. The average Bonchev–Trinajstić information content (AvgIpc) is 2.71. The van der Waals surface area contributed by atoms with Gasteiger partial charge in [-0.05, 0) is 42.8 Å². The third-order valence-corrected chi connectivity index (χ3v) is 4.96. The van der Waals surface area contributed by atoms with Crippen molar-refractivity contribution in [3.05, 3.63) is 57.6 Å². The van der Waals surface area contributed by atoms with Gasteiger partial charge in [0.1, 0.15) is 11.6 Å². The summed E-state index contributed by atoms with van der Waals surface area (Å²) in [4.78, 5) is 38.5. The maximum atomic E-state index is 13.0. The summed E-state index contributed by atoms with van der Waals surface area (Å²) in [5.74, 6) is -0.910. The van der Waals surface area contributed by atoms with Crippen molar-refractivity contribution in [1.82, 2.24) is 5.32 Å². The van der Waals surface area contributed by atoms with Crippen molar-refractivity contribution in [2.45, 2.75) is 6.92 Å². The van der Waals surface area contributed by atoms with Crippen LogP contribution in [0.2, 0.25) is 0 Å². The molecule has 152 valence electrons. The Kier molecular flexibility index (Phi) is 6.18. The Balaban J connectivity index is 2.02. The van der Waals surface area contributed by atoms with Gasteiger partial charge in [-0.15, -0.1) is 0 Å². The molecule has 9 heteroatoms. The molecule has 0 saturated carbocycles. The van der Waals surface area contributed by atoms with Gasteiger partial charge in [-0.3, -0.25) is 14.9 Å². The monoisotopic (exact) mass is 469 g/mol. The van der Waals surface area contributed by atoms with E-state index in [-0.39, 0.29) is 12.2 Å². The highest BCUT2D eigenvalue weighted by Crippen LogP contribution is 2.35. The van der Waals surface area contributed by atoms with Crippen LogP contribution in [0.3, 0.4) is 0 Å². The number of urea groups is 1. The first-order valence-corrected chi connectivity index (χ1v) is 9.50. The van der Waals surface area contributed by atoms with Gasteiger partial charge in [-0.1, -0.05) is 33.6 Å². The van der Waals surface area contributed by atoms with E-state index in [2.05, 4.69) is 21.2 Å². The second-order valence-corrected chi connectivity index (χ2v) is 7.12. The number of rotatable bonds is 5. The molecular weight excluding hydrogens is 454 g/mol. The summed E-state index contributed by atoms with van der Waals surface area (Å²) < 4.78 is 11.1. The van der Waals surface area contributed by atoms with Crippen molar-refractivity contribution in [3.63, 3.8) is 0 Å². The first-order valence-electron chi connectivity index (χ1n) is 8.71. The number of nitriles is 1. The Morgan fingerprint density at radius 3 is 2.50 bits per heavy atom. The Hall–Kier alpha value is -3.64. The summed E-state index contributed by atoms with van der Waals surface area (Å²) in [6, 6.07) is 10.9. The number of imide groups is 2. The maximum absolute atomic E-state index is 13.0. The molecule has 1 fully saturated rings. The summed E-state index contributed by atoms with van der Waals surface area (Å²) in [7, 11) is 1.43. The minimum absolute atomic E-state index is 0.169. The zero-order valence-corrected chi connectivity index (χ0v) is 17.6. The predicted molar refractivity (Wildman–Crippen MR) is 112 cm³/mol. The van der Waals surface area contributed by atoms with Gasteiger partial charge in [0, 0.05) is 4.47 Å². The standard InChI is InChI=1S/C21H16BrN3O5/c1-12-3-5-14(6-4-12)25-20(27)15(19(26)24-21(25)28)9-13-10-17(29-2)18(11-16(13)22)30-8-7-23/h3-6,9-11H,8H2,1-2H3,(H,24,26,28)/b15-9+. The van der Waals surface area contributed by atoms with Crippen LogP contribution in [0.4, 0.5) is 10.5 Å². The Bertz CT molecular complexity index is 1100. The van der Waals surface area contributed by atoms with E-state index in [0.29, 0.717) is 27.2 Å². The van der Waals surface area contributed by atoms with E-state index in [1.807, 2.05) is 13.0 Å². The molecule has 1 aliphatic heterocycles. The molecule has 1 saturated heterocycles. The lowest BCUT2D eigenvalue weighted by Gasteiger charge is -2.26. The molecular formula is C21H16BrN3O5. The fraction of sp³-hybridized carbons (Fsp3) is 0.143. The molecule has 0 aromatic heterocycles. The molecule has 3 rings (SSSR count). The highest BCUT2D eigenvalue weighted by molar-refractivity contribution is 9.10. The molecule has 0 atom stereocenters. The summed E-state index contributed by atoms with van der Waals surface area (Å²) in [6.45, 7) is 1.71. The van der Waals surface area contributed by atoms with Crippen LogP contribution < -0.4 is 19.7 Å². The van der Waals surface area contributed by atoms with Crippen LogP contribution in [0.1, 0.15) is 11.1 Å². The van der Waals surface area contributed by atoms with E-state index in [1.165, 1.54) is 13.2 Å². The highest BCUT2D eigenvalue weighted by atomic mass is 79.9. The zero-order chi connectivity index (χ0) is 21.8. The predicted octanol–water partition coefficient (Wildman–Crippen LogP) is 3.33. The SMILES string of the molecule is COc1cc(/C=C2\C(=O)NC(=O)N(c3ccc(C)cc3)C2=O)c(Br)cc1OCC#N. The fourth-order valence-corrected chi connectivity index (χ4v) is 3.22. The summed E-state index contributed by atoms with van der Waals surface area (Å²) in [5.41, 5.74) is 1.54. The number of nitrogens with one attached hydrogen (secondary N) is 1. The number of amides is 4. The van der Waals surface area contributed by atoms with Gasteiger partial charge in [0.15, 0.2) is 18.1 Å². The number of ether oxygens (including phenoxy) is 2. The lowest BCUT2D eigenvalue weighted by Crippen LogP contribution is -2.54. The molecule has 0 aliphatic carbocycles. The molecule has 4 amide bonds. The molecule has 2 aromatic carbocycles. The third kappa shape index (κ3) is 4.18. The Labute approximate surface area is 180 Å². The van der Waals surface area contributed by atoms with Crippen LogP contribution >= 0.6 is 15.9 Å². The first-order chi connectivity index (χ1) is 14.3. The highest BCUT2D eigenvalue weighted by Gasteiger charge is 2.36. The van der Waals surface area contributed by atoms with Gasteiger partial charge in [0.25, 0.3) is 11.8 Å². The largest absolute Gasteiger partial charge is 0.493 e. The molecule has 1 aliphatic rings. The molecule has 0 spiro atoms. The van der Waals surface area contributed by atoms with Crippen LogP contribution in [-0.4, -0.2) is 31.6 Å². The summed E-state index contributed by atoms with van der Waals surface area (Å²) in [5, 5.41) is 10.9. The van der Waals surface area contributed by atoms with Crippen molar-refractivity contribution in [3.8, 4) is 17.6 Å². The minimum atomic E-state index is -0.817. The molecule has 1 N–H and O–H groups in total. The number of carbonyl (C=O) groups excluding carboxylic acids is 3. The lowest BCUT2D eigenvalue weighted by atomic mass is 10.1. The van der Waals surface area contributed by atoms with Gasteiger partial charge >= 0.3 is 6.03 Å². The third-order valence-electron chi connectivity index (χ3n) is 4.27. The molecule has 0 radical (unpaired) electrons. The Morgan fingerprint density at radius 1 is 1.17 bits per heavy atom. The van der Waals surface area contributed by atoms with Crippen LogP contribution in [0.15, 0.2) is 46.4 Å². The Morgan fingerprint density at radius 2 is 1.87 bits per heavy atom. The van der Waals surface area contributed by atoms with Gasteiger partial charge < -0.3 is 9.47 Å². The number of barbiturate groups is 1. The number of nitrogens with zero attached hydrogens (tertiary/aromatic N) is 2. The normalized spacial score (nSPS) is 15.1. The number of carbonyl (C=O) groups is 3. The number of halogens is 1. The van der Waals surface area contributed by atoms with Crippen molar-refractivity contribution in [2.75, 3.05) is 18.6 Å². The fourth-order valence-electron chi connectivity index (χ4n) is 2.79. The van der Waals surface area contributed by atoms with Crippen molar-refractivity contribution in [2.24, 2.45) is 0 Å². The zero-order valence-electron chi connectivity index (χ0n) is 16.1. The van der Waals surface area contributed by atoms with Crippen LogP contribution in [0, 0.1) is 18.3 Å².